The van der Waals surface area contributed by atoms with Crippen molar-refractivity contribution in [3.63, 3.8) is 0 Å². The second-order valence-electron chi connectivity index (χ2n) is 18.6. The van der Waals surface area contributed by atoms with Crippen LogP contribution in [0.2, 0.25) is 0 Å². The molecule has 471 valence electrons. The van der Waals surface area contributed by atoms with Gasteiger partial charge in [-0.1, -0.05) is 0 Å². The first kappa shape index (κ1) is 74.7. The Morgan fingerprint density at radius 3 is 0.741 bits per heavy atom. The minimum atomic E-state index is -1.99. The molecule has 4 aliphatic rings. The minimum absolute atomic E-state index is 0. The molecule has 4 fully saturated rings. The summed E-state index contributed by atoms with van der Waals surface area (Å²) in [5, 5.41) is 190. The maximum absolute atomic E-state index is 13.9. The standard InChI is InChI=1S/C42H73N5O32.Gd.O/c48-18(46(5-9-72-39-31(64)23(56)27(60)35(68)76-39)6-10-73-40-32(65)24(57)28(61)36(69)77-40)13-44(16-21(52)53)3-1-43(15-20(50)51)2-4-45(17-22(54)55)14-19(49)47(7-11-74-41-33(66)25(58)29(62)37(70)78-41)8-12-75-42-34(67)26(59)30(63)38(71)79-42;;/h23-42,56-71H,1-17H2,(H,50,51)(H,52,53)(H,54,55);;/q;+3;-2/t23-,24-,25-,26-,27-,28-,29-,30-,31-,32-,33-,34-,35-,36-,37-,38-,39?,40?,41?,42?;;/m0../s1. The van der Waals surface area contributed by atoms with Crippen molar-refractivity contribution in [1.29, 1.82) is 0 Å². The molecule has 39 heteroatoms. The molecular formula is C42H73GdN5O33+. The number of aliphatic hydroxyl groups is 16. The van der Waals surface area contributed by atoms with Crippen LogP contribution in [0, 0.1) is 39.9 Å². The first-order chi connectivity index (χ1) is 37.1. The van der Waals surface area contributed by atoms with E-state index in [9.17, 15) is 121 Å². The molecule has 4 saturated heterocycles. The Bertz CT molecular complexity index is 1710. The van der Waals surface area contributed by atoms with Gasteiger partial charge in [-0.25, -0.2) is 0 Å². The number of carboxylic acids is 3. The molecule has 0 aromatic carbocycles. The van der Waals surface area contributed by atoms with E-state index in [0.29, 0.717) is 0 Å². The van der Waals surface area contributed by atoms with Gasteiger partial charge < -0.3 is 150 Å². The summed E-state index contributed by atoms with van der Waals surface area (Å²) in [6.07, 6.45) is -37.8. The summed E-state index contributed by atoms with van der Waals surface area (Å²) >= 11 is 0. The number of amides is 2. The predicted molar refractivity (Wildman–Crippen MR) is 245 cm³/mol. The SMILES string of the molecule is O=C(O)CN(CCN(CC(=O)O)CC(=O)N(CCOC1O[C@H](O)[C@@H](O)[C@H](O)[C@@H]1O)CCOC1O[C@H](O)[C@@H](O)[C@H](O)[C@@H]1O)CCN(CC(=O)O)CC(=O)N(CCOC1O[C@H](O)[C@@H](O)[C@H](O)[C@@H]1O)CCOC1O[C@H](O)[C@@H](O)[C@H](O)[C@@H]1O.[Gd+3].[O-2]. The summed E-state index contributed by atoms with van der Waals surface area (Å²) in [6, 6.07) is 0. The van der Waals surface area contributed by atoms with Gasteiger partial charge in [0.05, 0.1) is 59.2 Å². The summed E-state index contributed by atoms with van der Waals surface area (Å²) in [4.78, 5) is 69.3. The molecule has 0 bridgehead atoms. The van der Waals surface area contributed by atoms with Gasteiger partial charge in [-0.15, -0.1) is 0 Å². The van der Waals surface area contributed by atoms with Crippen LogP contribution in [0.4, 0.5) is 0 Å². The number of ether oxygens (including phenoxy) is 8. The molecule has 19 N–H and O–H groups in total. The molecule has 38 nitrogen and oxygen atoms in total. The van der Waals surface area contributed by atoms with Crippen molar-refractivity contribution in [1.82, 2.24) is 24.5 Å². The van der Waals surface area contributed by atoms with Crippen molar-refractivity contribution in [2.45, 2.75) is 124 Å². The van der Waals surface area contributed by atoms with Gasteiger partial charge in [0.2, 0.25) is 11.8 Å². The van der Waals surface area contributed by atoms with Crippen LogP contribution in [0.3, 0.4) is 0 Å². The molecule has 4 unspecified atom stereocenters. The van der Waals surface area contributed by atoms with E-state index < -0.39 is 239 Å². The first-order valence-corrected chi connectivity index (χ1v) is 24.5. The van der Waals surface area contributed by atoms with Gasteiger partial charge in [0.15, 0.2) is 50.3 Å². The normalized spacial score (nSPS) is 34.3. The average molecular weight is 1330 g/mol. The van der Waals surface area contributed by atoms with E-state index in [1.807, 2.05) is 0 Å². The van der Waals surface area contributed by atoms with E-state index in [0.717, 1.165) is 19.6 Å². The smallest absolute Gasteiger partial charge is 2.00 e. The fourth-order valence-corrected chi connectivity index (χ4v) is 8.13. The number of hydrogen-bond acceptors (Lipinski definition) is 32. The Morgan fingerprint density at radius 1 is 0.309 bits per heavy atom. The number of carboxylic acid groups (broad SMARTS) is 3. The Morgan fingerprint density at radius 2 is 0.519 bits per heavy atom. The second kappa shape index (κ2) is 35.9. The van der Waals surface area contributed by atoms with Crippen LogP contribution >= 0.6 is 0 Å². The maximum Gasteiger partial charge on any atom is 3.00 e. The molecule has 0 aromatic heterocycles. The van der Waals surface area contributed by atoms with Crippen LogP contribution in [0.25, 0.3) is 0 Å². The third kappa shape index (κ3) is 22.7. The Kier molecular flexibility index (Phi) is 33.1. The zero-order valence-electron chi connectivity index (χ0n) is 42.9. The van der Waals surface area contributed by atoms with Crippen LogP contribution in [-0.2, 0) is 67.3 Å². The minimum Gasteiger partial charge on any atom is -2.00 e. The molecule has 4 aliphatic heterocycles. The van der Waals surface area contributed by atoms with E-state index in [2.05, 4.69) is 0 Å². The van der Waals surface area contributed by atoms with Gasteiger partial charge in [0.25, 0.3) is 0 Å². The Labute approximate surface area is 491 Å². The first-order valence-electron chi connectivity index (χ1n) is 24.5. The monoisotopic (exact) mass is 1330 g/mol. The van der Waals surface area contributed by atoms with Crippen molar-refractivity contribution in [2.24, 2.45) is 0 Å². The molecule has 0 saturated carbocycles. The number of aliphatic hydroxyl groups excluding tert-OH is 16. The molecular weight excluding hydrogens is 1260 g/mol. The summed E-state index contributed by atoms with van der Waals surface area (Å²) in [7, 11) is 0. The molecule has 4 heterocycles. The summed E-state index contributed by atoms with van der Waals surface area (Å²) < 4.78 is 41.5. The molecule has 0 aliphatic carbocycles. The molecule has 0 spiro atoms. The summed E-state index contributed by atoms with van der Waals surface area (Å²) in [5.74, 6) is -6.05. The molecule has 20 atom stereocenters. The summed E-state index contributed by atoms with van der Waals surface area (Å²) in [5.41, 5.74) is 0. The van der Waals surface area contributed by atoms with Crippen LogP contribution < -0.4 is 0 Å². The van der Waals surface area contributed by atoms with Crippen LogP contribution in [0.15, 0.2) is 0 Å². The van der Waals surface area contributed by atoms with Crippen molar-refractivity contribution in [2.75, 3.05) is 112 Å². The summed E-state index contributed by atoms with van der Waals surface area (Å²) in [6.45, 7) is -9.08. The molecule has 1 radical (unpaired) electrons. The number of carbonyl (C=O) groups is 5. The molecule has 81 heavy (non-hydrogen) atoms. The van der Waals surface area contributed by atoms with Gasteiger partial charge >= 0.3 is 57.8 Å². The molecule has 4 rings (SSSR count). The largest absolute Gasteiger partial charge is 3.00 e. The zero-order valence-corrected chi connectivity index (χ0v) is 45.1. The molecule has 2 amide bonds. The van der Waals surface area contributed by atoms with Crippen molar-refractivity contribution >= 4 is 29.7 Å². The third-order valence-corrected chi connectivity index (χ3v) is 12.7. The van der Waals surface area contributed by atoms with Crippen LogP contribution in [-0.4, -0.2) is 386 Å². The van der Waals surface area contributed by atoms with E-state index in [-0.39, 0.29) is 71.6 Å². The van der Waals surface area contributed by atoms with Gasteiger partial charge in [0.1, 0.15) is 73.2 Å². The second-order valence-corrected chi connectivity index (χ2v) is 18.6. The van der Waals surface area contributed by atoms with Crippen LogP contribution in [0.1, 0.15) is 0 Å². The van der Waals surface area contributed by atoms with Gasteiger partial charge in [-0.3, -0.25) is 38.7 Å². The third-order valence-electron chi connectivity index (χ3n) is 12.7. The van der Waals surface area contributed by atoms with E-state index in [1.54, 1.807) is 0 Å². The van der Waals surface area contributed by atoms with Crippen molar-refractivity contribution < 1.29 is 204 Å². The van der Waals surface area contributed by atoms with Crippen LogP contribution in [0.5, 0.6) is 0 Å². The number of rotatable bonds is 32. The number of nitrogens with zero attached hydrogens (tertiary/aromatic N) is 5. The zero-order chi connectivity index (χ0) is 59.0. The van der Waals surface area contributed by atoms with Gasteiger partial charge in [0, 0.05) is 52.4 Å². The van der Waals surface area contributed by atoms with E-state index in [1.165, 1.54) is 4.90 Å². The predicted octanol–water partition coefficient (Wildman–Crippen LogP) is -14.2. The number of hydrogen-bond donors (Lipinski definition) is 19. The van der Waals surface area contributed by atoms with E-state index >= 15 is 0 Å². The van der Waals surface area contributed by atoms with E-state index in [4.69, 9.17) is 37.9 Å². The van der Waals surface area contributed by atoms with Crippen molar-refractivity contribution in [3.05, 3.63) is 0 Å². The topological polar surface area (TPSA) is 588 Å². The number of carbonyl (C=O) groups excluding carboxylic acids is 2. The fraction of sp³-hybridized carbons (Fsp3) is 0.881. The van der Waals surface area contributed by atoms with Gasteiger partial charge in [-0.05, 0) is 0 Å². The van der Waals surface area contributed by atoms with Crippen molar-refractivity contribution in [3.8, 4) is 0 Å². The van der Waals surface area contributed by atoms with Gasteiger partial charge in [-0.2, -0.15) is 0 Å². The Hall–Kier alpha value is -2.45. The maximum atomic E-state index is 13.9. The Balaban J connectivity index is 0.0000112. The molecule has 0 aromatic rings. The average Bonchev–Trinajstić information content (AvgIpc) is 3.38. The fourth-order valence-electron chi connectivity index (χ4n) is 8.13. The number of aliphatic carboxylic acids is 3. The quantitative estimate of drug-likeness (QED) is 0.0297.